The van der Waals surface area contributed by atoms with Crippen LogP contribution in [0.15, 0.2) is 66.7 Å². The van der Waals surface area contributed by atoms with Crippen molar-refractivity contribution in [3.05, 3.63) is 89.5 Å². The van der Waals surface area contributed by atoms with Gasteiger partial charge in [-0.1, -0.05) is 30.3 Å². The van der Waals surface area contributed by atoms with E-state index in [1.165, 1.54) is 11.6 Å². The van der Waals surface area contributed by atoms with Crippen LogP contribution >= 0.6 is 0 Å². The zero-order chi connectivity index (χ0) is 25.8. The fraction of sp³-hybridized carbons (Fsp3) is 0.310. The molecule has 0 atom stereocenters. The molecule has 192 valence electrons. The standard InChI is InChI=1S/C29H30F2N4O2/c30-25-10-8-23(18-26(25)31)34-29(37)33-22-9-11-27(24(17-22)28(36)32-21-6-7-21)35-14-12-20(13-15-35)16-19-4-2-1-3-5-19/h1-5,8-11,17-18,20-21H,6-7,12-16H2,(H,32,36)(H2,33,34,37). The summed E-state index contributed by atoms with van der Waals surface area (Å²) in [5, 5.41) is 8.22. The third-order valence-electron chi connectivity index (χ3n) is 6.91. The number of rotatable bonds is 7. The lowest BCUT2D eigenvalue weighted by molar-refractivity contribution is 0.0951. The van der Waals surface area contributed by atoms with Crippen LogP contribution in [0.5, 0.6) is 0 Å². The smallest absolute Gasteiger partial charge is 0.323 e. The molecule has 0 radical (unpaired) electrons. The fourth-order valence-electron chi connectivity index (χ4n) is 4.75. The second-order valence-electron chi connectivity index (χ2n) is 9.81. The Bertz CT molecular complexity index is 1270. The number of urea groups is 1. The molecule has 8 heteroatoms. The van der Waals surface area contributed by atoms with Crippen molar-refractivity contribution in [1.82, 2.24) is 5.32 Å². The molecular weight excluding hydrogens is 474 g/mol. The molecule has 0 spiro atoms. The van der Waals surface area contributed by atoms with Crippen molar-refractivity contribution < 1.29 is 18.4 Å². The van der Waals surface area contributed by atoms with Gasteiger partial charge >= 0.3 is 6.03 Å². The van der Waals surface area contributed by atoms with Gasteiger partial charge in [-0.25, -0.2) is 13.6 Å². The van der Waals surface area contributed by atoms with Crippen LogP contribution in [0.4, 0.5) is 30.6 Å². The van der Waals surface area contributed by atoms with Crippen LogP contribution in [0.3, 0.4) is 0 Å². The molecule has 3 aromatic carbocycles. The monoisotopic (exact) mass is 504 g/mol. The molecule has 3 N–H and O–H groups in total. The predicted octanol–water partition coefficient (Wildman–Crippen LogP) is 5.96. The second-order valence-corrected chi connectivity index (χ2v) is 9.81. The number of hydrogen-bond acceptors (Lipinski definition) is 3. The molecule has 3 amide bonds. The number of hydrogen-bond donors (Lipinski definition) is 3. The summed E-state index contributed by atoms with van der Waals surface area (Å²) in [6.45, 7) is 1.70. The molecule has 5 rings (SSSR count). The number of halogens is 2. The number of anilines is 3. The van der Waals surface area contributed by atoms with Crippen LogP contribution in [0.25, 0.3) is 0 Å². The van der Waals surface area contributed by atoms with Gasteiger partial charge in [-0.2, -0.15) is 0 Å². The van der Waals surface area contributed by atoms with Gasteiger partial charge in [0, 0.05) is 42.3 Å². The summed E-state index contributed by atoms with van der Waals surface area (Å²) in [5.41, 5.74) is 3.27. The van der Waals surface area contributed by atoms with Crippen molar-refractivity contribution in [2.24, 2.45) is 5.92 Å². The first kappa shape index (κ1) is 24.7. The first-order valence-corrected chi connectivity index (χ1v) is 12.7. The molecular formula is C29H30F2N4O2. The van der Waals surface area contributed by atoms with Crippen molar-refractivity contribution >= 4 is 29.0 Å². The minimum absolute atomic E-state index is 0.123. The van der Waals surface area contributed by atoms with Crippen LogP contribution in [-0.2, 0) is 6.42 Å². The summed E-state index contributed by atoms with van der Waals surface area (Å²) in [6.07, 6.45) is 5.07. The van der Waals surface area contributed by atoms with Gasteiger partial charge in [0.15, 0.2) is 11.6 Å². The first-order chi connectivity index (χ1) is 17.9. The maximum atomic E-state index is 13.5. The number of amides is 3. The van der Waals surface area contributed by atoms with Gasteiger partial charge in [0.2, 0.25) is 0 Å². The normalized spacial score (nSPS) is 15.8. The molecule has 0 aromatic heterocycles. The molecule has 0 unspecified atom stereocenters. The van der Waals surface area contributed by atoms with Crippen LogP contribution in [0.2, 0.25) is 0 Å². The number of nitrogens with one attached hydrogen (secondary N) is 3. The molecule has 0 bridgehead atoms. The molecule has 2 aliphatic rings. The van der Waals surface area contributed by atoms with Crippen LogP contribution in [0.1, 0.15) is 41.6 Å². The van der Waals surface area contributed by atoms with Gasteiger partial charge in [-0.3, -0.25) is 4.79 Å². The van der Waals surface area contributed by atoms with Gasteiger partial charge in [-0.05, 0) is 73.9 Å². The minimum Gasteiger partial charge on any atom is -0.371 e. The molecule has 1 saturated carbocycles. The van der Waals surface area contributed by atoms with Crippen LogP contribution < -0.4 is 20.9 Å². The Morgan fingerprint density at radius 2 is 1.49 bits per heavy atom. The largest absolute Gasteiger partial charge is 0.371 e. The molecule has 1 aliphatic heterocycles. The van der Waals surface area contributed by atoms with E-state index in [9.17, 15) is 18.4 Å². The Balaban J connectivity index is 1.27. The van der Waals surface area contributed by atoms with E-state index in [0.717, 1.165) is 63.0 Å². The van der Waals surface area contributed by atoms with E-state index < -0.39 is 17.7 Å². The fourth-order valence-corrected chi connectivity index (χ4v) is 4.75. The average molecular weight is 505 g/mol. The average Bonchev–Trinajstić information content (AvgIpc) is 3.71. The Morgan fingerprint density at radius 3 is 2.16 bits per heavy atom. The van der Waals surface area contributed by atoms with Gasteiger partial charge in [0.05, 0.1) is 5.56 Å². The van der Waals surface area contributed by atoms with Crippen molar-refractivity contribution in [2.75, 3.05) is 28.6 Å². The predicted molar refractivity (Wildman–Crippen MR) is 141 cm³/mol. The van der Waals surface area contributed by atoms with Crippen molar-refractivity contribution in [3.8, 4) is 0 Å². The molecule has 6 nitrogen and oxygen atoms in total. The summed E-state index contributed by atoms with van der Waals surface area (Å²) in [6, 6.07) is 18.5. The van der Waals surface area contributed by atoms with E-state index in [1.54, 1.807) is 12.1 Å². The summed E-state index contributed by atoms with van der Waals surface area (Å²) in [4.78, 5) is 27.8. The number of benzene rings is 3. The zero-order valence-corrected chi connectivity index (χ0v) is 20.5. The molecule has 3 aromatic rings. The van der Waals surface area contributed by atoms with E-state index in [-0.39, 0.29) is 17.6 Å². The number of nitrogens with zero attached hydrogens (tertiary/aromatic N) is 1. The highest BCUT2D eigenvalue weighted by atomic mass is 19.2. The third-order valence-corrected chi connectivity index (χ3v) is 6.91. The summed E-state index contributed by atoms with van der Waals surface area (Å²) >= 11 is 0. The quantitative estimate of drug-likeness (QED) is 0.372. The highest BCUT2D eigenvalue weighted by molar-refractivity contribution is 6.04. The van der Waals surface area contributed by atoms with Gasteiger partial charge < -0.3 is 20.9 Å². The highest BCUT2D eigenvalue weighted by Crippen LogP contribution is 2.31. The Kier molecular flexibility index (Phi) is 7.35. The Labute approximate surface area is 215 Å². The molecule has 1 saturated heterocycles. The topological polar surface area (TPSA) is 73.5 Å². The van der Waals surface area contributed by atoms with Crippen LogP contribution in [-0.4, -0.2) is 31.1 Å². The Morgan fingerprint density at radius 1 is 0.811 bits per heavy atom. The SMILES string of the molecule is O=C(Nc1ccc(F)c(F)c1)Nc1ccc(N2CCC(Cc3ccccc3)CC2)c(C(=O)NC2CC2)c1. The first-order valence-electron chi connectivity index (χ1n) is 12.7. The number of carbonyl (C=O) groups excluding carboxylic acids is 2. The number of carbonyl (C=O) groups is 2. The second kappa shape index (κ2) is 11.0. The summed E-state index contributed by atoms with van der Waals surface area (Å²) in [7, 11) is 0. The molecule has 1 aliphatic carbocycles. The van der Waals surface area contributed by atoms with Gasteiger partial charge in [0.25, 0.3) is 5.91 Å². The van der Waals surface area contributed by atoms with Crippen molar-refractivity contribution in [1.29, 1.82) is 0 Å². The van der Waals surface area contributed by atoms with E-state index in [0.29, 0.717) is 17.2 Å². The lowest BCUT2D eigenvalue weighted by Crippen LogP contribution is -2.36. The number of piperidine rings is 1. The van der Waals surface area contributed by atoms with Crippen LogP contribution in [0, 0.1) is 17.6 Å². The van der Waals surface area contributed by atoms with E-state index >= 15 is 0 Å². The summed E-state index contributed by atoms with van der Waals surface area (Å²) < 4.78 is 26.6. The lowest BCUT2D eigenvalue weighted by atomic mass is 9.89. The maximum Gasteiger partial charge on any atom is 0.323 e. The Hall–Kier alpha value is -3.94. The molecule has 37 heavy (non-hydrogen) atoms. The maximum absolute atomic E-state index is 13.5. The molecule has 2 fully saturated rings. The van der Waals surface area contributed by atoms with Gasteiger partial charge in [-0.15, -0.1) is 0 Å². The van der Waals surface area contributed by atoms with Gasteiger partial charge in [0.1, 0.15) is 0 Å². The zero-order valence-electron chi connectivity index (χ0n) is 20.5. The van der Waals surface area contributed by atoms with E-state index in [4.69, 9.17) is 0 Å². The van der Waals surface area contributed by atoms with Crippen molar-refractivity contribution in [3.63, 3.8) is 0 Å². The highest BCUT2D eigenvalue weighted by Gasteiger charge is 2.28. The van der Waals surface area contributed by atoms with E-state index in [2.05, 4.69) is 45.1 Å². The van der Waals surface area contributed by atoms with E-state index in [1.807, 2.05) is 12.1 Å². The summed E-state index contributed by atoms with van der Waals surface area (Å²) in [5.74, 6) is -1.59. The third kappa shape index (κ3) is 6.44. The molecule has 1 heterocycles. The van der Waals surface area contributed by atoms with Crippen molar-refractivity contribution in [2.45, 2.75) is 38.1 Å². The lowest BCUT2D eigenvalue weighted by Gasteiger charge is -2.35. The minimum atomic E-state index is -1.05.